The van der Waals surface area contributed by atoms with Gasteiger partial charge in [-0.05, 0) is 25.5 Å². The van der Waals surface area contributed by atoms with E-state index in [0.29, 0.717) is 22.1 Å². The van der Waals surface area contributed by atoms with Crippen LogP contribution in [0.3, 0.4) is 0 Å². The Morgan fingerprint density at radius 3 is 2.21 bits per heavy atom. The molecule has 1 aromatic carbocycles. The highest BCUT2D eigenvalue weighted by Gasteiger charge is 2.27. The molecule has 0 aliphatic heterocycles. The molecule has 0 amide bonds. The van der Waals surface area contributed by atoms with Gasteiger partial charge in [-0.2, -0.15) is 0 Å². The number of ether oxygens (including phenoxy) is 2. The number of rotatable bonds is 3. The maximum absolute atomic E-state index is 15.2. The van der Waals surface area contributed by atoms with Gasteiger partial charge in [0.05, 0.1) is 19.6 Å². The Morgan fingerprint density at radius 1 is 0.964 bits per heavy atom. The van der Waals surface area contributed by atoms with Gasteiger partial charge in [0.1, 0.15) is 23.5 Å². The van der Waals surface area contributed by atoms with Gasteiger partial charge in [0.2, 0.25) is 0 Å². The van der Waals surface area contributed by atoms with Gasteiger partial charge in [-0.25, -0.2) is 23.7 Å². The molecule has 0 radical (unpaired) electrons. The number of fused-ring (bicyclic) bond motifs is 3. The molecule has 0 bridgehead atoms. The average Bonchev–Trinajstić information content (AvgIpc) is 2.97. The van der Waals surface area contributed by atoms with E-state index in [1.54, 1.807) is 0 Å². The summed E-state index contributed by atoms with van der Waals surface area (Å²) < 4.78 is 41.8. The van der Waals surface area contributed by atoms with Gasteiger partial charge in [-0.1, -0.05) is 0 Å². The molecule has 0 spiro atoms. The second-order valence-corrected chi connectivity index (χ2v) is 6.31. The summed E-state index contributed by atoms with van der Waals surface area (Å²) in [6.07, 6.45) is 1.24. The maximum Gasteiger partial charge on any atom is 0.192 e. The number of halogens is 2. The highest BCUT2D eigenvalue weighted by molar-refractivity contribution is 6.11. The van der Waals surface area contributed by atoms with E-state index in [0.717, 1.165) is 11.6 Å². The van der Waals surface area contributed by atoms with Crippen LogP contribution in [-0.4, -0.2) is 33.7 Å². The summed E-state index contributed by atoms with van der Waals surface area (Å²) in [6.45, 7) is 3.70. The van der Waals surface area contributed by atoms with E-state index in [2.05, 4.69) is 15.0 Å². The Balaban J connectivity index is 2.27. The zero-order valence-corrected chi connectivity index (χ0v) is 15.7. The number of methoxy groups -OCH3 is 2. The molecule has 0 aliphatic carbocycles. The van der Waals surface area contributed by atoms with Crippen molar-refractivity contribution in [1.82, 2.24) is 19.5 Å². The van der Waals surface area contributed by atoms with Crippen LogP contribution in [0.5, 0.6) is 11.5 Å². The molecule has 9 heteroatoms. The van der Waals surface area contributed by atoms with Crippen LogP contribution >= 0.6 is 0 Å². The molecule has 0 fully saturated rings. The number of nitrogens with two attached hydrogens (primary N) is 1. The Bertz CT molecular complexity index is 1220. The first-order valence-corrected chi connectivity index (χ1v) is 8.38. The van der Waals surface area contributed by atoms with Crippen molar-refractivity contribution in [1.29, 1.82) is 0 Å². The van der Waals surface area contributed by atoms with Crippen molar-refractivity contribution in [3.8, 4) is 17.2 Å². The Hall–Kier alpha value is -3.49. The zero-order chi connectivity index (χ0) is 20.2. The van der Waals surface area contributed by atoms with E-state index in [-0.39, 0.29) is 23.0 Å². The van der Waals surface area contributed by atoms with E-state index in [1.807, 2.05) is 19.9 Å². The van der Waals surface area contributed by atoms with Crippen LogP contribution < -0.4 is 15.2 Å². The highest BCUT2D eigenvalue weighted by Crippen LogP contribution is 2.39. The molecule has 2 N–H and O–H groups in total. The van der Waals surface area contributed by atoms with E-state index in [1.165, 1.54) is 25.1 Å². The topological polar surface area (TPSA) is 88.1 Å². The SMILES string of the molecule is COc1cc(OC)c(F)c(-n2c3nc(C)c(C)cc3c3c(N)ncnc32)c1F. The Labute approximate surface area is 158 Å². The molecule has 3 heterocycles. The van der Waals surface area contributed by atoms with Crippen LogP contribution in [0.25, 0.3) is 27.8 Å². The molecule has 4 aromatic rings. The summed E-state index contributed by atoms with van der Waals surface area (Å²) >= 11 is 0. The van der Waals surface area contributed by atoms with Gasteiger partial charge < -0.3 is 15.2 Å². The van der Waals surface area contributed by atoms with E-state index in [4.69, 9.17) is 15.2 Å². The van der Waals surface area contributed by atoms with Crippen molar-refractivity contribution in [3.63, 3.8) is 0 Å². The number of anilines is 1. The fourth-order valence-corrected chi connectivity index (χ4v) is 3.25. The van der Waals surface area contributed by atoms with Crippen LogP contribution in [0.4, 0.5) is 14.6 Å². The van der Waals surface area contributed by atoms with E-state index in [9.17, 15) is 0 Å². The minimum Gasteiger partial charge on any atom is -0.493 e. The molecule has 0 atom stereocenters. The second-order valence-electron chi connectivity index (χ2n) is 6.31. The molecule has 3 aromatic heterocycles. The quantitative estimate of drug-likeness (QED) is 0.581. The normalized spacial score (nSPS) is 11.4. The largest absolute Gasteiger partial charge is 0.493 e. The average molecular weight is 385 g/mol. The third kappa shape index (κ3) is 2.35. The van der Waals surface area contributed by atoms with Crippen LogP contribution in [0.15, 0.2) is 18.5 Å². The van der Waals surface area contributed by atoms with Crippen molar-refractivity contribution in [2.24, 2.45) is 0 Å². The molecular formula is C19H17F2N5O2. The number of nitrogens with zero attached hydrogens (tertiary/aromatic N) is 4. The van der Waals surface area contributed by atoms with Crippen LogP contribution in [0, 0.1) is 25.5 Å². The smallest absolute Gasteiger partial charge is 0.192 e. The second kappa shape index (κ2) is 6.29. The number of pyridine rings is 1. The lowest BCUT2D eigenvalue weighted by Gasteiger charge is -2.14. The third-order valence-electron chi connectivity index (χ3n) is 4.77. The monoisotopic (exact) mass is 385 g/mol. The highest BCUT2D eigenvalue weighted by atomic mass is 19.1. The first-order chi connectivity index (χ1) is 13.4. The molecule has 28 heavy (non-hydrogen) atoms. The minimum atomic E-state index is -0.906. The standard InChI is InChI=1S/C19H17F2N5O2/c1-8-5-10-13-17(22)23-7-24-19(13)26(18(10)25-9(8)2)16-14(20)11(27-3)6-12(28-4)15(16)21/h5-7H,1-4H3,(H2,22,23,24). The van der Waals surface area contributed by atoms with Gasteiger partial charge in [-0.3, -0.25) is 4.57 Å². The lowest BCUT2D eigenvalue weighted by Crippen LogP contribution is -2.07. The van der Waals surface area contributed by atoms with E-state index >= 15 is 8.78 Å². The lowest BCUT2D eigenvalue weighted by atomic mass is 10.1. The first-order valence-electron chi connectivity index (χ1n) is 8.38. The molecule has 0 unspecified atom stereocenters. The minimum absolute atomic E-state index is 0.172. The number of benzene rings is 1. The maximum atomic E-state index is 15.2. The van der Waals surface area contributed by atoms with Gasteiger partial charge in [0.25, 0.3) is 0 Å². The van der Waals surface area contributed by atoms with Crippen molar-refractivity contribution in [2.75, 3.05) is 20.0 Å². The number of hydrogen-bond acceptors (Lipinski definition) is 6. The molecule has 7 nitrogen and oxygen atoms in total. The Morgan fingerprint density at radius 2 is 1.61 bits per heavy atom. The van der Waals surface area contributed by atoms with Crippen molar-refractivity contribution < 1.29 is 18.3 Å². The van der Waals surface area contributed by atoms with Crippen molar-refractivity contribution >= 4 is 27.9 Å². The van der Waals surface area contributed by atoms with Crippen molar-refractivity contribution in [3.05, 3.63) is 41.4 Å². The summed E-state index contributed by atoms with van der Waals surface area (Å²) in [4.78, 5) is 12.8. The van der Waals surface area contributed by atoms with Gasteiger partial charge in [-0.15, -0.1) is 0 Å². The molecule has 144 valence electrons. The number of aryl methyl sites for hydroxylation is 2. The van der Waals surface area contributed by atoms with E-state index < -0.39 is 17.3 Å². The van der Waals surface area contributed by atoms with Gasteiger partial charge in [0.15, 0.2) is 28.8 Å². The molecule has 0 saturated carbocycles. The van der Waals surface area contributed by atoms with Gasteiger partial charge >= 0.3 is 0 Å². The fraction of sp³-hybridized carbons (Fsp3) is 0.211. The number of nitrogen functional groups attached to an aromatic ring is 1. The lowest BCUT2D eigenvalue weighted by molar-refractivity contribution is 0.357. The predicted molar refractivity (Wildman–Crippen MR) is 101 cm³/mol. The molecule has 4 rings (SSSR count). The third-order valence-corrected chi connectivity index (χ3v) is 4.77. The Kier molecular flexibility index (Phi) is 4.02. The molecule has 0 saturated heterocycles. The summed E-state index contributed by atoms with van der Waals surface area (Å²) in [5, 5.41) is 1.06. The van der Waals surface area contributed by atoms with Crippen LogP contribution in [0.1, 0.15) is 11.3 Å². The zero-order valence-electron chi connectivity index (χ0n) is 15.7. The summed E-state index contributed by atoms with van der Waals surface area (Å²) in [5.74, 6) is -1.97. The van der Waals surface area contributed by atoms with Crippen molar-refractivity contribution in [2.45, 2.75) is 13.8 Å². The molecular weight excluding hydrogens is 368 g/mol. The summed E-state index contributed by atoms with van der Waals surface area (Å²) in [5.41, 5.74) is 7.79. The number of hydrogen-bond donors (Lipinski definition) is 1. The number of aromatic nitrogens is 4. The summed E-state index contributed by atoms with van der Waals surface area (Å²) in [7, 11) is 2.58. The van der Waals surface area contributed by atoms with Crippen LogP contribution in [-0.2, 0) is 0 Å². The van der Waals surface area contributed by atoms with Crippen LogP contribution in [0.2, 0.25) is 0 Å². The molecule has 0 aliphatic rings. The van der Waals surface area contributed by atoms with Gasteiger partial charge in [0, 0.05) is 17.1 Å². The summed E-state index contributed by atoms with van der Waals surface area (Å²) in [6, 6.07) is 3.00. The predicted octanol–water partition coefficient (Wildman–Crippen LogP) is 3.46. The first kappa shape index (κ1) is 17.9. The fourth-order valence-electron chi connectivity index (χ4n) is 3.25.